The number of amides is 3. The third-order valence-electron chi connectivity index (χ3n) is 3.76. The Balaban J connectivity index is 1.83. The Kier molecular flexibility index (Phi) is 6.86. The second-order valence-corrected chi connectivity index (χ2v) is 5.97. The molecule has 146 valence electrons. The fraction of sp³-hybridized carbons (Fsp3) is 0.200. The molecule has 0 aliphatic heterocycles. The van der Waals surface area contributed by atoms with Crippen LogP contribution < -0.4 is 10.6 Å². The summed E-state index contributed by atoms with van der Waals surface area (Å²) in [6, 6.07) is 10.3. The van der Waals surface area contributed by atoms with Crippen molar-refractivity contribution in [3.05, 3.63) is 64.7 Å². The molecule has 0 heterocycles. The van der Waals surface area contributed by atoms with Crippen molar-refractivity contribution in [1.82, 2.24) is 5.32 Å². The molecule has 8 heteroatoms. The van der Waals surface area contributed by atoms with E-state index in [-0.39, 0.29) is 11.1 Å². The molecule has 0 saturated carbocycles. The first kappa shape index (κ1) is 20.6. The van der Waals surface area contributed by atoms with Gasteiger partial charge < -0.3 is 14.8 Å². The molecule has 0 radical (unpaired) electrons. The van der Waals surface area contributed by atoms with Gasteiger partial charge in [-0.1, -0.05) is 17.7 Å². The predicted octanol–water partition coefficient (Wildman–Crippen LogP) is 2.60. The van der Waals surface area contributed by atoms with Gasteiger partial charge in [-0.3, -0.25) is 10.1 Å². The molecule has 2 aromatic rings. The van der Waals surface area contributed by atoms with Crippen LogP contribution in [0.2, 0.25) is 0 Å². The monoisotopic (exact) mass is 384 g/mol. The standard InChI is InChI=1S/C20H20N2O6/c1-12-4-9-16(13(2)10-12)21-20(26)22-17(23)11-28-19(25)15-7-5-14(6-8-15)18(24)27-3/h4-10H,11H2,1-3H3,(H2,21,22,23,26). The third kappa shape index (κ3) is 5.66. The van der Waals surface area contributed by atoms with Crippen LogP contribution in [0, 0.1) is 13.8 Å². The minimum absolute atomic E-state index is 0.153. The normalized spacial score (nSPS) is 9.96. The van der Waals surface area contributed by atoms with Gasteiger partial charge in [0.15, 0.2) is 6.61 Å². The molecule has 0 bridgehead atoms. The number of urea groups is 1. The molecule has 0 aliphatic rings. The number of hydrogen-bond donors (Lipinski definition) is 2. The molecule has 2 rings (SSSR count). The predicted molar refractivity (Wildman–Crippen MR) is 101 cm³/mol. The minimum Gasteiger partial charge on any atom is -0.465 e. The van der Waals surface area contributed by atoms with E-state index in [1.807, 2.05) is 26.0 Å². The minimum atomic E-state index is -0.776. The zero-order valence-corrected chi connectivity index (χ0v) is 15.7. The van der Waals surface area contributed by atoms with Gasteiger partial charge in [-0.2, -0.15) is 0 Å². The van der Waals surface area contributed by atoms with E-state index in [0.717, 1.165) is 11.1 Å². The smallest absolute Gasteiger partial charge is 0.338 e. The van der Waals surface area contributed by atoms with Crippen LogP contribution in [0.5, 0.6) is 0 Å². The van der Waals surface area contributed by atoms with E-state index >= 15 is 0 Å². The SMILES string of the molecule is COC(=O)c1ccc(C(=O)OCC(=O)NC(=O)Nc2ccc(C)cc2C)cc1. The van der Waals surface area contributed by atoms with Crippen LogP contribution in [0.1, 0.15) is 31.8 Å². The maximum Gasteiger partial charge on any atom is 0.338 e. The van der Waals surface area contributed by atoms with Gasteiger partial charge in [0.2, 0.25) is 0 Å². The molecule has 8 nitrogen and oxygen atoms in total. The maximum absolute atomic E-state index is 11.9. The van der Waals surface area contributed by atoms with E-state index in [1.165, 1.54) is 31.4 Å². The summed E-state index contributed by atoms with van der Waals surface area (Å²) < 4.78 is 9.42. The molecule has 28 heavy (non-hydrogen) atoms. The lowest BCUT2D eigenvalue weighted by molar-refractivity contribution is -0.123. The second-order valence-electron chi connectivity index (χ2n) is 5.97. The molecule has 0 aliphatic carbocycles. The van der Waals surface area contributed by atoms with E-state index < -0.39 is 30.5 Å². The third-order valence-corrected chi connectivity index (χ3v) is 3.76. The molecule has 0 fully saturated rings. The van der Waals surface area contributed by atoms with Crippen LogP contribution in [-0.2, 0) is 14.3 Å². The highest BCUT2D eigenvalue weighted by Gasteiger charge is 2.14. The summed E-state index contributed by atoms with van der Waals surface area (Å²) in [5.74, 6) is -2.07. The molecule has 0 aromatic heterocycles. The Morgan fingerprint density at radius 2 is 1.50 bits per heavy atom. The number of ether oxygens (including phenoxy) is 2. The van der Waals surface area contributed by atoms with Gasteiger partial charge in [0.1, 0.15) is 0 Å². The highest BCUT2D eigenvalue weighted by molar-refractivity contribution is 6.02. The number of carbonyl (C=O) groups is 4. The summed E-state index contributed by atoms with van der Waals surface area (Å²) in [6.45, 7) is 3.13. The number of hydrogen-bond acceptors (Lipinski definition) is 6. The molecular weight excluding hydrogens is 364 g/mol. The number of carbonyl (C=O) groups excluding carboxylic acids is 4. The van der Waals surface area contributed by atoms with Crippen molar-refractivity contribution in [2.24, 2.45) is 0 Å². The summed E-state index contributed by atoms with van der Waals surface area (Å²) in [6.07, 6.45) is 0. The van der Waals surface area contributed by atoms with E-state index in [1.54, 1.807) is 6.07 Å². The zero-order chi connectivity index (χ0) is 20.7. The molecule has 0 atom stereocenters. The van der Waals surface area contributed by atoms with Gasteiger partial charge in [-0.15, -0.1) is 0 Å². The number of benzene rings is 2. The largest absolute Gasteiger partial charge is 0.465 e. The number of rotatable bonds is 5. The highest BCUT2D eigenvalue weighted by Crippen LogP contribution is 2.15. The molecule has 2 N–H and O–H groups in total. The maximum atomic E-state index is 11.9. The van der Waals surface area contributed by atoms with E-state index in [2.05, 4.69) is 15.4 Å². The number of aryl methyl sites for hydroxylation is 2. The number of anilines is 1. The average Bonchev–Trinajstić information content (AvgIpc) is 2.67. The van der Waals surface area contributed by atoms with E-state index in [9.17, 15) is 19.2 Å². The summed E-state index contributed by atoms with van der Waals surface area (Å²) in [7, 11) is 1.25. The van der Waals surface area contributed by atoms with Crippen LogP contribution in [0.15, 0.2) is 42.5 Å². The lowest BCUT2D eigenvalue weighted by Gasteiger charge is -2.10. The molecule has 0 spiro atoms. The topological polar surface area (TPSA) is 111 Å². The van der Waals surface area contributed by atoms with Gasteiger partial charge in [-0.25, -0.2) is 14.4 Å². The highest BCUT2D eigenvalue weighted by atomic mass is 16.5. The van der Waals surface area contributed by atoms with Crippen molar-refractivity contribution in [1.29, 1.82) is 0 Å². The van der Waals surface area contributed by atoms with Gasteiger partial charge in [-0.05, 0) is 49.7 Å². The van der Waals surface area contributed by atoms with Crippen molar-refractivity contribution < 1.29 is 28.7 Å². The van der Waals surface area contributed by atoms with Crippen LogP contribution in [0.3, 0.4) is 0 Å². The number of esters is 2. The molecule has 0 saturated heterocycles. The fourth-order valence-corrected chi connectivity index (χ4v) is 2.34. The summed E-state index contributed by atoms with van der Waals surface area (Å²) in [4.78, 5) is 47.0. The van der Waals surface area contributed by atoms with E-state index in [4.69, 9.17) is 4.74 Å². The molecule has 3 amide bonds. The first-order chi connectivity index (χ1) is 13.3. The number of methoxy groups -OCH3 is 1. The van der Waals surface area contributed by atoms with Crippen molar-refractivity contribution in [2.75, 3.05) is 19.0 Å². The zero-order valence-electron chi connectivity index (χ0n) is 15.7. The second kappa shape index (κ2) is 9.31. The Hall–Kier alpha value is -3.68. The Bertz CT molecular complexity index is 905. The van der Waals surface area contributed by atoms with Gasteiger partial charge in [0, 0.05) is 5.69 Å². The lowest BCUT2D eigenvalue weighted by atomic mass is 10.1. The lowest BCUT2D eigenvalue weighted by Crippen LogP contribution is -2.37. The van der Waals surface area contributed by atoms with Crippen LogP contribution in [0.4, 0.5) is 10.5 Å². The molecule has 2 aromatic carbocycles. The van der Waals surface area contributed by atoms with Crippen molar-refractivity contribution in [2.45, 2.75) is 13.8 Å². The van der Waals surface area contributed by atoms with E-state index in [0.29, 0.717) is 5.69 Å². The fourth-order valence-electron chi connectivity index (χ4n) is 2.34. The Morgan fingerprint density at radius 3 is 2.07 bits per heavy atom. The van der Waals surface area contributed by atoms with Crippen molar-refractivity contribution in [3.63, 3.8) is 0 Å². The summed E-state index contributed by atoms with van der Waals surface area (Å²) in [5, 5.41) is 4.64. The Morgan fingerprint density at radius 1 is 0.893 bits per heavy atom. The first-order valence-electron chi connectivity index (χ1n) is 8.33. The number of nitrogens with one attached hydrogen (secondary N) is 2. The van der Waals surface area contributed by atoms with Crippen molar-refractivity contribution >= 4 is 29.6 Å². The quantitative estimate of drug-likeness (QED) is 0.767. The molecule has 0 unspecified atom stereocenters. The first-order valence-corrected chi connectivity index (χ1v) is 8.33. The van der Waals surface area contributed by atoms with Gasteiger partial charge >= 0.3 is 18.0 Å². The Labute approximate surface area is 161 Å². The molecular formula is C20H20N2O6. The number of imide groups is 1. The summed E-state index contributed by atoms with van der Waals surface area (Å²) in [5.41, 5.74) is 2.90. The van der Waals surface area contributed by atoms with Crippen LogP contribution in [0.25, 0.3) is 0 Å². The van der Waals surface area contributed by atoms with Crippen LogP contribution in [-0.4, -0.2) is 37.6 Å². The van der Waals surface area contributed by atoms with Gasteiger partial charge in [0.05, 0.1) is 18.2 Å². The average molecular weight is 384 g/mol. The summed E-state index contributed by atoms with van der Waals surface area (Å²) >= 11 is 0. The van der Waals surface area contributed by atoms with Crippen LogP contribution >= 0.6 is 0 Å². The van der Waals surface area contributed by atoms with Crippen molar-refractivity contribution in [3.8, 4) is 0 Å². The van der Waals surface area contributed by atoms with Gasteiger partial charge in [0.25, 0.3) is 5.91 Å².